The van der Waals surface area contributed by atoms with Crippen LogP contribution in [0.25, 0.3) is 0 Å². The van der Waals surface area contributed by atoms with Gasteiger partial charge in [0.25, 0.3) is 11.8 Å². The number of nitrogens with zero attached hydrogens (tertiary/aromatic N) is 2. The van der Waals surface area contributed by atoms with Gasteiger partial charge >= 0.3 is 0 Å². The van der Waals surface area contributed by atoms with E-state index in [0.717, 1.165) is 10.5 Å². The lowest BCUT2D eigenvalue weighted by molar-refractivity contribution is -0.122. The van der Waals surface area contributed by atoms with Gasteiger partial charge in [0.15, 0.2) is 0 Å². The number of hydrogen-bond acceptors (Lipinski definition) is 4. The van der Waals surface area contributed by atoms with E-state index in [4.69, 9.17) is 4.74 Å². The lowest BCUT2D eigenvalue weighted by Crippen LogP contribution is -2.45. The number of anilines is 1. The van der Waals surface area contributed by atoms with Gasteiger partial charge in [0.05, 0.1) is 19.2 Å². The monoisotopic (exact) mass is 432 g/mol. The van der Waals surface area contributed by atoms with E-state index in [0.29, 0.717) is 11.3 Å². The molecule has 0 N–H and O–H groups in total. The fraction of sp³-hybridized carbons (Fsp3) is 0.160. The van der Waals surface area contributed by atoms with Crippen LogP contribution in [-0.2, 0) is 16.1 Å². The lowest BCUT2D eigenvalue weighted by atomic mass is 10.1. The first-order chi connectivity index (χ1) is 15.5. The van der Waals surface area contributed by atoms with Gasteiger partial charge in [0, 0.05) is 12.1 Å². The van der Waals surface area contributed by atoms with Crippen LogP contribution in [0.3, 0.4) is 0 Å². The van der Waals surface area contributed by atoms with Crippen LogP contribution < -0.4 is 9.64 Å². The molecule has 6 nitrogen and oxygen atoms in total. The smallest absolute Gasteiger partial charge is 0.257 e. The van der Waals surface area contributed by atoms with E-state index in [9.17, 15) is 18.8 Å². The van der Waals surface area contributed by atoms with Gasteiger partial charge in [-0.25, -0.2) is 9.29 Å². The normalized spacial score (nSPS) is 15.7. The van der Waals surface area contributed by atoms with Gasteiger partial charge in [-0.05, 0) is 54.1 Å². The van der Waals surface area contributed by atoms with Crippen LogP contribution in [0.4, 0.5) is 10.1 Å². The van der Waals surface area contributed by atoms with E-state index in [2.05, 4.69) is 0 Å². The average molecular weight is 432 g/mol. The van der Waals surface area contributed by atoms with E-state index in [1.54, 1.807) is 49.6 Å². The van der Waals surface area contributed by atoms with E-state index in [1.165, 1.54) is 29.2 Å². The first kappa shape index (κ1) is 21.2. The van der Waals surface area contributed by atoms with Crippen molar-refractivity contribution >= 4 is 23.4 Å². The van der Waals surface area contributed by atoms with Gasteiger partial charge in [0.1, 0.15) is 17.6 Å². The molecule has 32 heavy (non-hydrogen) atoms. The van der Waals surface area contributed by atoms with E-state index >= 15 is 0 Å². The summed E-state index contributed by atoms with van der Waals surface area (Å²) in [4.78, 5) is 41.8. The Bertz CT molecular complexity index is 1130. The number of benzene rings is 3. The van der Waals surface area contributed by atoms with Crippen molar-refractivity contribution < 1.29 is 23.5 Å². The predicted octanol–water partition coefficient (Wildman–Crippen LogP) is 3.81. The highest BCUT2D eigenvalue weighted by molar-refractivity contribution is 6.23. The number of imide groups is 1. The molecule has 3 aromatic carbocycles. The third-order valence-corrected chi connectivity index (χ3v) is 5.38. The Morgan fingerprint density at radius 3 is 2.28 bits per heavy atom. The molecule has 3 aromatic rings. The number of carbonyl (C=O) groups excluding carboxylic acids is 3. The number of carbonyl (C=O) groups is 3. The largest absolute Gasteiger partial charge is 0.497 e. The molecule has 3 amide bonds. The molecule has 7 heteroatoms. The summed E-state index contributed by atoms with van der Waals surface area (Å²) in [5.41, 5.74) is 1.48. The fourth-order valence-electron chi connectivity index (χ4n) is 3.72. The second-order valence-corrected chi connectivity index (χ2v) is 7.41. The maximum Gasteiger partial charge on any atom is 0.257 e. The molecule has 0 unspecified atom stereocenters. The molecule has 1 heterocycles. The van der Waals surface area contributed by atoms with E-state index in [-0.39, 0.29) is 24.6 Å². The van der Waals surface area contributed by atoms with Crippen LogP contribution in [-0.4, -0.2) is 35.8 Å². The quantitative estimate of drug-likeness (QED) is 0.556. The molecule has 1 atom stereocenters. The number of hydrogen-bond donors (Lipinski definition) is 0. The van der Waals surface area contributed by atoms with Crippen LogP contribution in [0.5, 0.6) is 5.75 Å². The molecular formula is C25H21FN2O4. The summed E-state index contributed by atoms with van der Waals surface area (Å²) >= 11 is 0. The third kappa shape index (κ3) is 4.23. The Hall–Kier alpha value is -4.00. The lowest BCUT2D eigenvalue weighted by Gasteiger charge is -2.28. The number of rotatable bonds is 6. The molecule has 0 radical (unpaired) electrons. The van der Waals surface area contributed by atoms with Crippen LogP contribution >= 0.6 is 0 Å². The fourth-order valence-corrected chi connectivity index (χ4v) is 3.72. The number of ether oxygens (including phenoxy) is 1. The Kier molecular flexibility index (Phi) is 5.98. The molecule has 0 aliphatic carbocycles. The highest BCUT2D eigenvalue weighted by Crippen LogP contribution is 2.28. The summed E-state index contributed by atoms with van der Waals surface area (Å²) < 4.78 is 18.5. The van der Waals surface area contributed by atoms with Gasteiger partial charge in [-0.2, -0.15) is 0 Å². The van der Waals surface area contributed by atoms with Crippen molar-refractivity contribution in [3.63, 3.8) is 0 Å². The second-order valence-electron chi connectivity index (χ2n) is 7.41. The minimum Gasteiger partial charge on any atom is -0.497 e. The molecule has 1 saturated heterocycles. The first-order valence-electron chi connectivity index (χ1n) is 10.1. The summed E-state index contributed by atoms with van der Waals surface area (Å²) in [5.74, 6) is -1.10. The summed E-state index contributed by atoms with van der Waals surface area (Å²) in [6.07, 6.45) is -0.148. The van der Waals surface area contributed by atoms with Crippen LogP contribution in [0.2, 0.25) is 0 Å². The van der Waals surface area contributed by atoms with E-state index < -0.39 is 23.7 Å². The van der Waals surface area contributed by atoms with Crippen molar-refractivity contribution in [2.75, 3.05) is 12.0 Å². The predicted molar refractivity (Wildman–Crippen MR) is 117 cm³/mol. The standard InChI is InChI=1S/C25H21FN2O4/c1-32-21-13-7-17(8-14-21)16-27(24(30)18-5-3-2-4-6-18)22-15-23(29)28(25(22)31)20-11-9-19(26)10-12-20/h2-14,22H,15-16H2,1H3/t22-/m1/s1. The summed E-state index contributed by atoms with van der Waals surface area (Å²) in [5, 5.41) is 0. The number of amides is 3. The molecule has 1 fully saturated rings. The van der Waals surface area contributed by atoms with Gasteiger partial charge in [-0.1, -0.05) is 30.3 Å². The maximum atomic E-state index is 13.4. The molecule has 0 saturated carbocycles. The molecule has 0 aromatic heterocycles. The summed E-state index contributed by atoms with van der Waals surface area (Å²) in [7, 11) is 1.56. The molecular weight excluding hydrogens is 411 g/mol. The maximum absolute atomic E-state index is 13.4. The Morgan fingerprint density at radius 2 is 1.66 bits per heavy atom. The molecule has 0 bridgehead atoms. The number of methoxy groups -OCH3 is 1. The van der Waals surface area contributed by atoms with Gasteiger partial charge in [-0.15, -0.1) is 0 Å². The molecule has 162 valence electrons. The van der Waals surface area contributed by atoms with Crippen molar-refractivity contribution in [3.8, 4) is 5.75 Å². The van der Waals surface area contributed by atoms with E-state index in [1.807, 2.05) is 12.1 Å². The zero-order chi connectivity index (χ0) is 22.7. The van der Waals surface area contributed by atoms with Crippen molar-refractivity contribution in [1.82, 2.24) is 4.90 Å². The molecule has 1 aliphatic heterocycles. The van der Waals surface area contributed by atoms with Crippen molar-refractivity contribution in [2.45, 2.75) is 19.0 Å². The van der Waals surface area contributed by atoms with Gasteiger partial charge < -0.3 is 9.64 Å². The highest BCUT2D eigenvalue weighted by atomic mass is 19.1. The third-order valence-electron chi connectivity index (χ3n) is 5.38. The Morgan fingerprint density at radius 1 is 1.00 bits per heavy atom. The minimum atomic E-state index is -0.970. The van der Waals surface area contributed by atoms with Crippen molar-refractivity contribution in [2.24, 2.45) is 0 Å². The average Bonchev–Trinajstić information content (AvgIpc) is 3.12. The summed E-state index contributed by atoms with van der Waals surface area (Å²) in [6.45, 7) is 0.138. The molecule has 0 spiro atoms. The van der Waals surface area contributed by atoms with Crippen LogP contribution in [0.1, 0.15) is 22.3 Å². The zero-order valence-corrected chi connectivity index (χ0v) is 17.4. The Labute approximate surface area is 184 Å². The van der Waals surface area contributed by atoms with Crippen molar-refractivity contribution in [1.29, 1.82) is 0 Å². The highest BCUT2D eigenvalue weighted by Gasteiger charge is 2.44. The molecule has 4 rings (SSSR count). The van der Waals surface area contributed by atoms with Crippen molar-refractivity contribution in [3.05, 3.63) is 95.8 Å². The first-order valence-corrected chi connectivity index (χ1v) is 10.1. The zero-order valence-electron chi connectivity index (χ0n) is 17.4. The minimum absolute atomic E-state index is 0.138. The summed E-state index contributed by atoms with van der Waals surface area (Å²) in [6, 6.07) is 19.9. The Balaban J connectivity index is 1.67. The van der Waals surface area contributed by atoms with Gasteiger partial charge in [-0.3, -0.25) is 14.4 Å². The topological polar surface area (TPSA) is 66.9 Å². The SMILES string of the molecule is COc1ccc(CN(C(=O)c2ccccc2)[C@@H]2CC(=O)N(c3ccc(F)cc3)C2=O)cc1. The van der Waals surface area contributed by atoms with Gasteiger partial charge in [0.2, 0.25) is 5.91 Å². The van der Waals surface area contributed by atoms with Crippen LogP contribution in [0.15, 0.2) is 78.9 Å². The number of halogens is 1. The second kappa shape index (κ2) is 9.01. The molecule has 1 aliphatic rings. The van der Waals surface area contributed by atoms with Crippen LogP contribution in [0, 0.1) is 5.82 Å².